The van der Waals surface area contributed by atoms with Crippen molar-refractivity contribution in [3.05, 3.63) is 71.8 Å². The molecule has 1 aromatic carbocycles. The molecule has 1 N–H and O–H groups in total. The number of carbonyl (C=O) groups excluding carboxylic acids is 1. The van der Waals surface area contributed by atoms with Crippen LogP contribution in [0.2, 0.25) is 0 Å². The molecule has 27 heavy (non-hydrogen) atoms. The number of anilines is 1. The van der Waals surface area contributed by atoms with E-state index in [1.165, 1.54) is 0 Å². The second-order valence-electron chi connectivity index (χ2n) is 7.36. The molecule has 4 rings (SSSR count). The number of pyridine rings is 1. The molecule has 136 valence electrons. The van der Waals surface area contributed by atoms with E-state index in [1.54, 1.807) is 17.5 Å². The van der Waals surface area contributed by atoms with E-state index in [2.05, 4.69) is 36.1 Å². The van der Waals surface area contributed by atoms with Crippen molar-refractivity contribution in [1.29, 1.82) is 0 Å². The number of nitrogens with zero attached hydrogens (tertiary/aromatic N) is 3. The Morgan fingerprint density at radius 3 is 2.56 bits per heavy atom. The fourth-order valence-electron chi connectivity index (χ4n) is 2.99. The Morgan fingerprint density at radius 1 is 1.11 bits per heavy atom. The first kappa shape index (κ1) is 17.4. The molecule has 0 aliphatic carbocycles. The van der Waals surface area contributed by atoms with Crippen LogP contribution in [0.5, 0.6) is 0 Å². The van der Waals surface area contributed by atoms with Gasteiger partial charge in [-0.15, -0.1) is 11.3 Å². The lowest BCUT2D eigenvalue weighted by atomic mass is 9.96. The molecule has 0 unspecified atom stereocenters. The summed E-state index contributed by atoms with van der Waals surface area (Å²) in [6, 6.07) is 13.5. The molecule has 4 aromatic rings. The van der Waals surface area contributed by atoms with Gasteiger partial charge in [-0.3, -0.25) is 4.79 Å². The standard InChI is InChI=1S/C21H20N4OS/c1-21(2,3)20-24-17(16-6-4-5-12-25(16)20)18(26)23-15-9-7-14(8-10-15)19-22-11-13-27-19/h4-13H,1-3H3,(H,23,26). The molecule has 0 atom stereocenters. The number of carbonyl (C=O) groups is 1. The van der Waals surface area contributed by atoms with E-state index in [4.69, 9.17) is 0 Å². The highest BCUT2D eigenvalue weighted by Crippen LogP contribution is 2.26. The molecular formula is C21H20N4OS. The van der Waals surface area contributed by atoms with Crippen LogP contribution >= 0.6 is 11.3 Å². The van der Waals surface area contributed by atoms with Gasteiger partial charge in [0, 0.05) is 34.4 Å². The van der Waals surface area contributed by atoms with E-state index in [1.807, 2.05) is 58.4 Å². The molecule has 3 aromatic heterocycles. The van der Waals surface area contributed by atoms with E-state index >= 15 is 0 Å². The summed E-state index contributed by atoms with van der Waals surface area (Å²) in [7, 11) is 0. The van der Waals surface area contributed by atoms with Crippen LogP contribution < -0.4 is 5.32 Å². The summed E-state index contributed by atoms with van der Waals surface area (Å²) in [4.78, 5) is 21.8. The number of imidazole rings is 1. The van der Waals surface area contributed by atoms with Crippen molar-refractivity contribution in [2.45, 2.75) is 26.2 Å². The smallest absolute Gasteiger partial charge is 0.276 e. The van der Waals surface area contributed by atoms with Gasteiger partial charge in [0.15, 0.2) is 5.69 Å². The van der Waals surface area contributed by atoms with Crippen molar-refractivity contribution in [1.82, 2.24) is 14.4 Å². The molecule has 0 aliphatic rings. The molecule has 3 heterocycles. The molecule has 1 amide bonds. The molecule has 0 bridgehead atoms. The summed E-state index contributed by atoms with van der Waals surface area (Å²) in [5.41, 5.74) is 2.84. The molecule has 0 saturated heterocycles. The predicted molar refractivity (Wildman–Crippen MR) is 109 cm³/mol. The zero-order valence-electron chi connectivity index (χ0n) is 15.4. The van der Waals surface area contributed by atoms with Gasteiger partial charge < -0.3 is 9.72 Å². The van der Waals surface area contributed by atoms with E-state index in [9.17, 15) is 4.79 Å². The molecule has 0 aliphatic heterocycles. The van der Waals surface area contributed by atoms with Crippen LogP contribution in [-0.4, -0.2) is 20.3 Å². The van der Waals surface area contributed by atoms with E-state index in [-0.39, 0.29) is 11.3 Å². The van der Waals surface area contributed by atoms with Crippen LogP contribution in [0.25, 0.3) is 16.1 Å². The maximum atomic E-state index is 12.9. The summed E-state index contributed by atoms with van der Waals surface area (Å²) >= 11 is 1.59. The van der Waals surface area contributed by atoms with Crippen molar-refractivity contribution in [3.8, 4) is 10.6 Å². The molecular weight excluding hydrogens is 356 g/mol. The van der Waals surface area contributed by atoms with Gasteiger partial charge in [0.2, 0.25) is 0 Å². The number of aromatic nitrogens is 3. The van der Waals surface area contributed by atoms with Gasteiger partial charge in [-0.25, -0.2) is 9.97 Å². The number of amides is 1. The van der Waals surface area contributed by atoms with Crippen molar-refractivity contribution in [2.24, 2.45) is 0 Å². The van der Waals surface area contributed by atoms with Crippen molar-refractivity contribution in [2.75, 3.05) is 5.32 Å². The fraction of sp³-hybridized carbons (Fsp3) is 0.190. The third kappa shape index (κ3) is 3.36. The summed E-state index contributed by atoms with van der Waals surface area (Å²) in [6.45, 7) is 6.27. The highest BCUT2D eigenvalue weighted by atomic mass is 32.1. The average molecular weight is 376 g/mol. The minimum absolute atomic E-state index is 0.168. The molecule has 0 fully saturated rings. The third-order valence-electron chi connectivity index (χ3n) is 4.26. The summed E-state index contributed by atoms with van der Waals surface area (Å²) in [6.07, 6.45) is 3.73. The Bertz CT molecular complexity index is 1090. The Kier molecular flexibility index (Phi) is 4.28. The van der Waals surface area contributed by atoms with Crippen LogP contribution in [-0.2, 0) is 5.41 Å². The molecule has 6 heteroatoms. The van der Waals surface area contributed by atoms with Crippen molar-refractivity contribution < 1.29 is 4.79 Å². The lowest BCUT2D eigenvalue weighted by Gasteiger charge is -2.16. The topological polar surface area (TPSA) is 59.3 Å². The lowest BCUT2D eigenvalue weighted by Crippen LogP contribution is -2.16. The van der Waals surface area contributed by atoms with Crippen LogP contribution in [0.15, 0.2) is 60.2 Å². The fourth-order valence-corrected chi connectivity index (χ4v) is 3.63. The minimum atomic E-state index is -0.212. The number of thiazole rings is 1. The van der Waals surface area contributed by atoms with Gasteiger partial charge >= 0.3 is 0 Å². The Balaban J connectivity index is 1.64. The van der Waals surface area contributed by atoms with Gasteiger partial charge in [-0.2, -0.15) is 0 Å². The highest BCUT2D eigenvalue weighted by molar-refractivity contribution is 7.13. The number of hydrogen-bond acceptors (Lipinski definition) is 4. The first-order valence-corrected chi connectivity index (χ1v) is 9.60. The SMILES string of the molecule is CC(C)(C)c1nc(C(=O)Nc2ccc(-c3nccs3)cc2)c2ccccn12. The maximum absolute atomic E-state index is 12.9. The van der Waals surface area contributed by atoms with E-state index in [0.717, 1.165) is 27.6 Å². The largest absolute Gasteiger partial charge is 0.321 e. The zero-order chi connectivity index (χ0) is 19.0. The number of fused-ring (bicyclic) bond motifs is 1. The maximum Gasteiger partial charge on any atom is 0.276 e. The number of nitrogens with one attached hydrogen (secondary N) is 1. The predicted octanol–water partition coefficient (Wildman–Crippen LogP) is 5.01. The Morgan fingerprint density at radius 2 is 1.89 bits per heavy atom. The normalized spacial score (nSPS) is 11.7. The monoisotopic (exact) mass is 376 g/mol. The van der Waals surface area contributed by atoms with Crippen molar-refractivity contribution >= 4 is 28.4 Å². The number of benzene rings is 1. The average Bonchev–Trinajstić information content (AvgIpc) is 3.30. The second kappa shape index (κ2) is 6.63. The molecule has 0 spiro atoms. The van der Waals surface area contributed by atoms with Crippen LogP contribution in [0.1, 0.15) is 37.1 Å². The van der Waals surface area contributed by atoms with Crippen LogP contribution in [0.4, 0.5) is 5.69 Å². The van der Waals surface area contributed by atoms with Gasteiger partial charge in [0.05, 0.1) is 5.52 Å². The van der Waals surface area contributed by atoms with E-state index in [0.29, 0.717) is 5.69 Å². The minimum Gasteiger partial charge on any atom is -0.321 e. The van der Waals surface area contributed by atoms with Gasteiger partial charge in [0.1, 0.15) is 10.8 Å². The quantitative estimate of drug-likeness (QED) is 0.547. The molecule has 0 saturated carbocycles. The van der Waals surface area contributed by atoms with Gasteiger partial charge in [-0.05, 0) is 36.4 Å². The summed E-state index contributed by atoms with van der Waals surface area (Å²) in [5, 5.41) is 5.86. The first-order chi connectivity index (χ1) is 12.9. The third-order valence-corrected chi connectivity index (χ3v) is 5.08. The highest BCUT2D eigenvalue weighted by Gasteiger charge is 2.25. The van der Waals surface area contributed by atoms with Gasteiger partial charge in [0.25, 0.3) is 5.91 Å². The summed E-state index contributed by atoms with van der Waals surface area (Å²) < 4.78 is 1.99. The van der Waals surface area contributed by atoms with Gasteiger partial charge in [-0.1, -0.05) is 26.8 Å². The molecule has 5 nitrogen and oxygen atoms in total. The van der Waals surface area contributed by atoms with Crippen LogP contribution in [0, 0.1) is 0 Å². The lowest BCUT2D eigenvalue weighted by molar-refractivity contribution is 0.102. The summed E-state index contributed by atoms with van der Waals surface area (Å²) in [5.74, 6) is 0.651. The first-order valence-electron chi connectivity index (χ1n) is 8.72. The number of rotatable bonds is 3. The second-order valence-corrected chi connectivity index (χ2v) is 8.25. The van der Waals surface area contributed by atoms with E-state index < -0.39 is 0 Å². The molecule has 0 radical (unpaired) electrons. The number of hydrogen-bond donors (Lipinski definition) is 1. The van der Waals surface area contributed by atoms with Crippen LogP contribution in [0.3, 0.4) is 0 Å². The Hall–Kier alpha value is -2.99. The van der Waals surface area contributed by atoms with Crippen molar-refractivity contribution in [3.63, 3.8) is 0 Å². The Labute approximate surface area is 161 Å². The zero-order valence-corrected chi connectivity index (χ0v) is 16.2.